The van der Waals surface area contributed by atoms with Gasteiger partial charge in [-0.3, -0.25) is 0 Å². The second-order valence-corrected chi connectivity index (χ2v) is 5.69. The summed E-state index contributed by atoms with van der Waals surface area (Å²) < 4.78 is 5.01. The Hall–Kier alpha value is -1.06. The molecule has 1 aliphatic rings. The maximum atomic E-state index is 5.01. The van der Waals surface area contributed by atoms with Crippen molar-refractivity contribution in [1.82, 2.24) is 5.32 Å². The molecule has 0 aromatic heterocycles. The summed E-state index contributed by atoms with van der Waals surface area (Å²) in [6, 6.07) is 8.87. The molecule has 0 amide bonds. The summed E-state index contributed by atoms with van der Waals surface area (Å²) in [4.78, 5) is 2.37. The topological polar surface area (TPSA) is 24.5 Å². The minimum Gasteiger partial charge on any atom is -0.383 e. The SMILES string of the molecule is COCCNCc1ccc(N(C)CC2CC2C)cc1. The van der Waals surface area contributed by atoms with Gasteiger partial charge in [0, 0.05) is 39.5 Å². The molecule has 2 rings (SSSR count). The van der Waals surface area contributed by atoms with Crippen LogP contribution in [0.25, 0.3) is 0 Å². The maximum Gasteiger partial charge on any atom is 0.0587 e. The van der Waals surface area contributed by atoms with E-state index in [9.17, 15) is 0 Å². The predicted molar refractivity (Wildman–Crippen MR) is 80.6 cm³/mol. The van der Waals surface area contributed by atoms with Gasteiger partial charge in [-0.2, -0.15) is 0 Å². The molecule has 106 valence electrons. The van der Waals surface area contributed by atoms with E-state index in [2.05, 4.69) is 48.5 Å². The van der Waals surface area contributed by atoms with Gasteiger partial charge < -0.3 is 15.0 Å². The summed E-state index contributed by atoms with van der Waals surface area (Å²) in [7, 11) is 3.92. The van der Waals surface area contributed by atoms with Crippen molar-refractivity contribution in [2.24, 2.45) is 11.8 Å². The second kappa shape index (κ2) is 6.92. The lowest BCUT2D eigenvalue weighted by Gasteiger charge is -2.19. The molecule has 1 saturated carbocycles. The molecule has 1 N–H and O–H groups in total. The first-order valence-electron chi connectivity index (χ1n) is 7.20. The second-order valence-electron chi connectivity index (χ2n) is 5.69. The summed E-state index contributed by atoms with van der Waals surface area (Å²) in [5.41, 5.74) is 2.65. The van der Waals surface area contributed by atoms with Gasteiger partial charge in [-0.25, -0.2) is 0 Å². The zero-order valence-electron chi connectivity index (χ0n) is 12.4. The van der Waals surface area contributed by atoms with Crippen LogP contribution in [0.4, 0.5) is 5.69 Å². The third kappa shape index (κ3) is 4.51. The Kier molecular flexibility index (Phi) is 5.23. The first-order valence-corrected chi connectivity index (χ1v) is 7.20. The van der Waals surface area contributed by atoms with E-state index in [1.165, 1.54) is 24.2 Å². The van der Waals surface area contributed by atoms with E-state index in [1.54, 1.807) is 7.11 Å². The number of rotatable bonds is 8. The molecule has 0 spiro atoms. The molecule has 1 aromatic rings. The van der Waals surface area contributed by atoms with Gasteiger partial charge in [0.05, 0.1) is 6.61 Å². The van der Waals surface area contributed by atoms with Gasteiger partial charge >= 0.3 is 0 Å². The third-order valence-corrected chi connectivity index (χ3v) is 3.97. The average Bonchev–Trinajstić information content (AvgIpc) is 3.11. The third-order valence-electron chi connectivity index (χ3n) is 3.97. The number of nitrogens with one attached hydrogen (secondary N) is 1. The minimum atomic E-state index is 0.764. The highest BCUT2D eigenvalue weighted by atomic mass is 16.5. The van der Waals surface area contributed by atoms with E-state index in [0.717, 1.165) is 31.5 Å². The number of methoxy groups -OCH3 is 1. The fourth-order valence-electron chi connectivity index (χ4n) is 2.39. The lowest BCUT2D eigenvalue weighted by atomic mass is 10.2. The molecule has 1 aliphatic carbocycles. The molecular weight excluding hydrogens is 236 g/mol. The van der Waals surface area contributed by atoms with Crippen molar-refractivity contribution in [3.8, 4) is 0 Å². The van der Waals surface area contributed by atoms with Crippen LogP contribution in [0.5, 0.6) is 0 Å². The van der Waals surface area contributed by atoms with Crippen LogP contribution >= 0.6 is 0 Å². The Labute approximate surface area is 116 Å². The molecule has 3 nitrogen and oxygen atoms in total. The van der Waals surface area contributed by atoms with Gasteiger partial charge in [0.2, 0.25) is 0 Å². The number of benzene rings is 1. The van der Waals surface area contributed by atoms with Crippen molar-refractivity contribution in [3.63, 3.8) is 0 Å². The Bertz CT molecular complexity index is 377. The molecule has 3 heteroatoms. The van der Waals surface area contributed by atoms with Crippen LogP contribution < -0.4 is 10.2 Å². The van der Waals surface area contributed by atoms with Crippen molar-refractivity contribution in [2.75, 3.05) is 38.8 Å². The fraction of sp³-hybridized carbons (Fsp3) is 0.625. The van der Waals surface area contributed by atoms with Crippen LogP contribution in [-0.2, 0) is 11.3 Å². The molecule has 0 radical (unpaired) electrons. The predicted octanol–water partition coefficient (Wildman–Crippen LogP) is 2.51. The van der Waals surface area contributed by atoms with Gasteiger partial charge in [-0.1, -0.05) is 19.1 Å². The van der Waals surface area contributed by atoms with Gasteiger partial charge in [-0.05, 0) is 36.0 Å². The maximum absolute atomic E-state index is 5.01. The summed E-state index contributed by atoms with van der Waals surface area (Å²) in [6.45, 7) is 6.10. The zero-order chi connectivity index (χ0) is 13.7. The number of hydrogen-bond acceptors (Lipinski definition) is 3. The molecule has 1 fully saturated rings. The summed E-state index contributed by atoms with van der Waals surface area (Å²) in [5, 5.41) is 3.36. The Morgan fingerprint density at radius 2 is 2.00 bits per heavy atom. The molecule has 0 saturated heterocycles. The van der Waals surface area contributed by atoms with Crippen molar-refractivity contribution >= 4 is 5.69 Å². The van der Waals surface area contributed by atoms with E-state index < -0.39 is 0 Å². The number of nitrogens with zero attached hydrogens (tertiary/aromatic N) is 1. The quantitative estimate of drug-likeness (QED) is 0.729. The minimum absolute atomic E-state index is 0.764. The Balaban J connectivity index is 1.77. The van der Waals surface area contributed by atoms with Crippen molar-refractivity contribution in [2.45, 2.75) is 19.9 Å². The summed E-state index contributed by atoms with van der Waals surface area (Å²) >= 11 is 0. The van der Waals surface area contributed by atoms with Crippen LogP contribution in [0.2, 0.25) is 0 Å². The van der Waals surface area contributed by atoms with Crippen molar-refractivity contribution in [3.05, 3.63) is 29.8 Å². The smallest absolute Gasteiger partial charge is 0.0587 e. The van der Waals surface area contributed by atoms with Gasteiger partial charge in [0.25, 0.3) is 0 Å². The standard InChI is InChI=1S/C16H26N2O/c1-13-10-15(13)12-18(2)16-6-4-14(5-7-16)11-17-8-9-19-3/h4-7,13,15,17H,8-12H2,1-3H3. The highest BCUT2D eigenvalue weighted by Crippen LogP contribution is 2.38. The molecule has 2 unspecified atom stereocenters. The van der Waals surface area contributed by atoms with E-state index >= 15 is 0 Å². The van der Waals surface area contributed by atoms with Crippen LogP contribution in [0.15, 0.2) is 24.3 Å². The van der Waals surface area contributed by atoms with Gasteiger partial charge in [0.1, 0.15) is 0 Å². The summed E-state index contributed by atoms with van der Waals surface area (Å²) in [6.07, 6.45) is 1.39. The fourth-order valence-corrected chi connectivity index (χ4v) is 2.39. The van der Waals surface area contributed by atoms with E-state index in [0.29, 0.717) is 0 Å². The van der Waals surface area contributed by atoms with E-state index in [-0.39, 0.29) is 0 Å². The molecule has 19 heavy (non-hydrogen) atoms. The van der Waals surface area contributed by atoms with Crippen molar-refractivity contribution in [1.29, 1.82) is 0 Å². The highest BCUT2D eigenvalue weighted by molar-refractivity contribution is 5.47. The van der Waals surface area contributed by atoms with E-state index in [4.69, 9.17) is 4.74 Å². The Morgan fingerprint density at radius 3 is 2.58 bits per heavy atom. The number of anilines is 1. The zero-order valence-corrected chi connectivity index (χ0v) is 12.4. The Morgan fingerprint density at radius 1 is 1.32 bits per heavy atom. The molecule has 0 bridgehead atoms. The van der Waals surface area contributed by atoms with Crippen LogP contribution in [-0.4, -0.2) is 33.9 Å². The van der Waals surface area contributed by atoms with Gasteiger partial charge in [-0.15, -0.1) is 0 Å². The number of hydrogen-bond donors (Lipinski definition) is 1. The highest BCUT2D eigenvalue weighted by Gasteiger charge is 2.33. The first kappa shape index (κ1) is 14.4. The first-order chi connectivity index (χ1) is 9.20. The monoisotopic (exact) mass is 262 g/mol. The molecule has 2 atom stereocenters. The van der Waals surface area contributed by atoms with Crippen molar-refractivity contribution < 1.29 is 4.74 Å². The normalized spacial score (nSPS) is 21.4. The molecular formula is C16H26N2O. The lowest BCUT2D eigenvalue weighted by Crippen LogP contribution is -2.21. The van der Waals surface area contributed by atoms with Crippen LogP contribution in [0, 0.1) is 11.8 Å². The average molecular weight is 262 g/mol. The van der Waals surface area contributed by atoms with Gasteiger partial charge in [0.15, 0.2) is 0 Å². The van der Waals surface area contributed by atoms with Crippen LogP contribution in [0.1, 0.15) is 18.9 Å². The summed E-state index contributed by atoms with van der Waals surface area (Å²) in [5.74, 6) is 1.83. The number of ether oxygens (including phenoxy) is 1. The molecule has 1 aromatic carbocycles. The van der Waals surface area contributed by atoms with E-state index in [1.807, 2.05) is 0 Å². The largest absolute Gasteiger partial charge is 0.383 e. The molecule has 0 aliphatic heterocycles. The van der Waals surface area contributed by atoms with Crippen LogP contribution in [0.3, 0.4) is 0 Å². The molecule has 0 heterocycles. The lowest BCUT2D eigenvalue weighted by molar-refractivity contribution is 0.199.